The third-order valence-electron chi connectivity index (χ3n) is 3.04. The topological polar surface area (TPSA) is 143 Å². The fourth-order valence-electron chi connectivity index (χ4n) is 1.81. The van der Waals surface area contributed by atoms with Crippen molar-refractivity contribution in [3.63, 3.8) is 0 Å². The van der Waals surface area contributed by atoms with Crippen molar-refractivity contribution in [2.75, 3.05) is 5.32 Å². The molecule has 1 aromatic carbocycles. The first-order valence-electron chi connectivity index (χ1n) is 6.84. The predicted octanol–water partition coefficient (Wildman–Crippen LogP) is 1.99. The molecule has 1 heterocycles. The molecule has 25 heavy (non-hydrogen) atoms. The van der Waals surface area contributed by atoms with E-state index in [4.69, 9.17) is 20.2 Å². The van der Waals surface area contributed by atoms with E-state index in [1.165, 1.54) is 30.5 Å². The zero-order valence-electron chi connectivity index (χ0n) is 12.7. The average Bonchev–Trinajstić information content (AvgIpc) is 3.14. The maximum atomic E-state index is 12.2. The van der Waals surface area contributed by atoms with E-state index in [0.29, 0.717) is 11.4 Å². The lowest BCUT2D eigenvalue weighted by Gasteiger charge is -2.08. The van der Waals surface area contributed by atoms with Crippen molar-refractivity contribution in [2.45, 2.75) is 11.4 Å². The number of anilines is 1. The zero-order valence-corrected chi connectivity index (χ0v) is 13.5. The molecule has 0 radical (unpaired) electrons. The van der Waals surface area contributed by atoms with Crippen LogP contribution in [0, 0.1) is 34.0 Å². The van der Waals surface area contributed by atoms with E-state index < -0.39 is 10.0 Å². The van der Waals surface area contributed by atoms with Gasteiger partial charge in [0.1, 0.15) is 29.7 Å². The predicted molar refractivity (Wildman–Crippen MR) is 86.7 cm³/mol. The molecule has 2 rings (SSSR count). The number of allylic oxidation sites excluding steroid dienone is 2. The Balaban J connectivity index is 2.14. The Morgan fingerprint density at radius 1 is 1.04 bits per heavy atom. The van der Waals surface area contributed by atoms with Crippen LogP contribution in [0.15, 0.2) is 63.2 Å². The van der Waals surface area contributed by atoms with Crippen molar-refractivity contribution in [1.29, 1.82) is 15.8 Å². The molecular weight excluding hydrogens is 342 g/mol. The minimum absolute atomic E-state index is 0.0182. The number of nitrogens with one attached hydrogen (secondary N) is 2. The summed E-state index contributed by atoms with van der Waals surface area (Å²) >= 11 is 0. The standard InChI is InChI=1S/C16H11N5O3S/c17-8-12(9-18)16(10-19)21-13-3-5-15(6-4-13)25(22,23)20-11-14-2-1-7-24-14/h1-7,20-21H,11H2. The second kappa shape index (κ2) is 7.80. The van der Waals surface area contributed by atoms with E-state index in [9.17, 15) is 8.42 Å². The monoisotopic (exact) mass is 353 g/mol. The van der Waals surface area contributed by atoms with Gasteiger partial charge in [-0.3, -0.25) is 0 Å². The third kappa shape index (κ3) is 4.46. The summed E-state index contributed by atoms with van der Waals surface area (Å²) in [6.07, 6.45) is 1.45. The number of benzene rings is 1. The van der Waals surface area contributed by atoms with Gasteiger partial charge >= 0.3 is 0 Å². The van der Waals surface area contributed by atoms with E-state index in [1.807, 2.05) is 0 Å². The van der Waals surface area contributed by atoms with Gasteiger partial charge in [0.15, 0.2) is 5.57 Å². The van der Waals surface area contributed by atoms with Gasteiger partial charge in [-0.1, -0.05) is 0 Å². The van der Waals surface area contributed by atoms with E-state index in [1.54, 1.807) is 30.3 Å². The number of furan rings is 1. The number of rotatable bonds is 6. The maximum Gasteiger partial charge on any atom is 0.240 e. The fourth-order valence-corrected chi connectivity index (χ4v) is 2.80. The van der Waals surface area contributed by atoms with Crippen LogP contribution in [-0.4, -0.2) is 8.42 Å². The molecule has 0 aliphatic carbocycles. The molecule has 0 fully saturated rings. The molecule has 0 amide bonds. The van der Waals surface area contributed by atoms with E-state index in [2.05, 4.69) is 10.0 Å². The van der Waals surface area contributed by atoms with Crippen molar-refractivity contribution in [1.82, 2.24) is 4.72 Å². The molecule has 0 saturated heterocycles. The summed E-state index contributed by atoms with van der Waals surface area (Å²) < 4.78 is 31.8. The van der Waals surface area contributed by atoms with Gasteiger partial charge in [-0.15, -0.1) is 0 Å². The highest BCUT2D eigenvalue weighted by Gasteiger charge is 2.14. The van der Waals surface area contributed by atoms with Crippen molar-refractivity contribution in [3.05, 3.63) is 59.7 Å². The van der Waals surface area contributed by atoms with Crippen LogP contribution in [0.3, 0.4) is 0 Å². The summed E-state index contributed by atoms with van der Waals surface area (Å²) in [5.74, 6) is 0.478. The van der Waals surface area contributed by atoms with Crippen LogP contribution in [0.5, 0.6) is 0 Å². The second-order valence-electron chi connectivity index (χ2n) is 4.64. The Kier molecular flexibility index (Phi) is 5.54. The van der Waals surface area contributed by atoms with Gasteiger partial charge in [-0.25, -0.2) is 13.1 Å². The summed E-state index contributed by atoms with van der Waals surface area (Å²) in [6, 6.07) is 13.7. The molecule has 0 atom stereocenters. The van der Waals surface area contributed by atoms with Crippen molar-refractivity contribution in [3.8, 4) is 18.2 Å². The molecule has 0 aliphatic heterocycles. The van der Waals surface area contributed by atoms with Crippen LogP contribution in [0.1, 0.15) is 5.76 Å². The summed E-state index contributed by atoms with van der Waals surface area (Å²) in [6.45, 7) is 0.0182. The number of nitrogens with zero attached hydrogens (tertiary/aromatic N) is 3. The number of sulfonamides is 1. The van der Waals surface area contributed by atoms with Gasteiger partial charge in [-0.2, -0.15) is 15.8 Å². The van der Waals surface area contributed by atoms with Crippen molar-refractivity contribution < 1.29 is 12.8 Å². The minimum Gasteiger partial charge on any atom is -0.468 e. The minimum atomic E-state index is -3.73. The van der Waals surface area contributed by atoms with Gasteiger partial charge < -0.3 is 9.73 Å². The van der Waals surface area contributed by atoms with Crippen LogP contribution in [0.25, 0.3) is 0 Å². The molecule has 1 aromatic heterocycles. The van der Waals surface area contributed by atoms with Gasteiger partial charge in [0.2, 0.25) is 10.0 Å². The first-order chi connectivity index (χ1) is 12.0. The van der Waals surface area contributed by atoms with E-state index in [0.717, 1.165) is 0 Å². The van der Waals surface area contributed by atoms with Crippen LogP contribution < -0.4 is 10.0 Å². The normalized spacial score (nSPS) is 10.1. The smallest absolute Gasteiger partial charge is 0.240 e. The van der Waals surface area contributed by atoms with Gasteiger partial charge in [0, 0.05) is 5.69 Å². The van der Waals surface area contributed by atoms with Gasteiger partial charge in [0.05, 0.1) is 17.7 Å². The second-order valence-corrected chi connectivity index (χ2v) is 6.41. The Labute approximate surface area is 144 Å². The highest BCUT2D eigenvalue weighted by atomic mass is 32.2. The molecule has 0 unspecified atom stereocenters. The lowest BCUT2D eigenvalue weighted by atomic mass is 10.2. The molecule has 0 bridgehead atoms. The first kappa shape index (κ1) is 17.8. The van der Waals surface area contributed by atoms with Crippen LogP contribution in [0.2, 0.25) is 0 Å². The Morgan fingerprint density at radius 3 is 2.24 bits per heavy atom. The van der Waals surface area contributed by atoms with Crippen molar-refractivity contribution in [2.24, 2.45) is 0 Å². The van der Waals surface area contributed by atoms with Crippen LogP contribution in [0.4, 0.5) is 5.69 Å². The van der Waals surface area contributed by atoms with Crippen LogP contribution in [-0.2, 0) is 16.6 Å². The Bertz CT molecular complexity index is 986. The molecule has 2 aromatic rings. The number of hydrogen-bond acceptors (Lipinski definition) is 7. The van der Waals surface area contributed by atoms with E-state index in [-0.39, 0.29) is 22.7 Å². The summed E-state index contributed by atoms with van der Waals surface area (Å²) in [7, 11) is -3.73. The molecular formula is C16H11N5O3S. The number of nitriles is 3. The number of hydrogen-bond donors (Lipinski definition) is 2. The van der Waals surface area contributed by atoms with Gasteiger partial charge in [-0.05, 0) is 36.4 Å². The quantitative estimate of drug-likeness (QED) is 0.756. The zero-order chi connectivity index (χ0) is 18.3. The fraction of sp³-hybridized carbons (Fsp3) is 0.0625. The summed E-state index contributed by atoms with van der Waals surface area (Å²) in [5.41, 5.74) is -0.208. The third-order valence-corrected chi connectivity index (χ3v) is 4.45. The lowest BCUT2D eigenvalue weighted by Crippen LogP contribution is -2.22. The lowest BCUT2D eigenvalue weighted by molar-refractivity contribution is 0.498. The Hall–Kier alpha value is -3.58. The van der Waals surface area contributed by atoms with E-state index >= 15 is 0 Å². The molecule has 2 N–H and O–H groups in total. The Morgan fingerprint density at radius 2 is 1.72 bits per heavy atom. The highest BCUT2D eigenvalue weighted by molar-refractivity contribution is 7.89. The van der Waals surface area contributed by atoms with Crippen molar-refractivity contribution >= 4 is 15.7 Å². The largest absolute Gasteiger partial charge is 0.468 e. The van der Waals surface area contributed by atoms with Crippen LogP contribution >= 0.6 is 0 Å². The first-order valence-corrected chi connectivity index (χ1v) is 8.32. The summed E-state index contributed by atoms with van der Waals surface area (Å²) in [5, 5.41) is 29.1. The highest BCUT2D eigenvalue weighted by Crippen LogP contribution is 2.17. The molecule has 124 valence electrons. The molecule has 0 saturated carbocycles. The molecule has 8 nitrogen and oxygen atoms in total. The van der Waals surface area contributed by atoms with Gasteiger partial charge in [0.25, 0.3) is 0 Å². The molecule has 0 spiro atoms. The summed E-state index contributed by atoms with van der Waals surface area (Å²) in [4.78, 5) is 0.0212. The molecule has 9 heteroatoms. The maximum absolute atomic E-state index is 12.2. The SMILES string of the molecule is N#CC(C#N)=C(C#N)Nc1ccc(S(=O)(=O)NCc2ccco2)cc1. The average molecular weight is 353 g/mol. The molecule has 0 aliphatic rings.